The maximum Gasteiger partial charge on any atom is 0.410 e. The molecule has 1 aliphatic rings. The van der Waals surface area contributed by atoms with Gasteiger partial charge in [-0.1, -0.05) is 0 Å². The largest absolute Gasteiger partial charge is 0.444 e. The topological polar surface area (TPSA) is 84.7 Å². The molecule has 0 radical (unpaired) electrons. The van der Waals surface area contributed by atoms with Gasteiger partial charge in [-0.25, -0.2) is 9.78 Å². The molecule has 0 bridgehead atoms. The van der Waals surface area contributed by atoms with Crippen LogP contribution in [0.15, 0.2) is 22.6 Å². The Hall–Kier alpha value is -2.57. The summed E-state index contributed by atoms with van der Waals surface area (Å²) in [7, 11) is 0. The number of carbonyl (C=O) groups is 2. The van der Waals surface area contributed by atoms with Crippen LogP contribution in [0.4, 0.5) is 10.5 Å². The molecule has 0 unspecified atom stereocenters. The number of benzene rings is 1. The summed E-state index contributed by atoms with van der Waals surface area (Å²) in [5.74, 6) is 0.229. The molecule has 26 heavy (non-hydrogen) atoms. The highest BCUT2D eigenvalue weighted by molar-refractivity contribution is 5.94. The fraction of sp³-hybridized carbons (Fsp3) is 0.526. The van der Waals surface area contributed by atoms with Crippen molar-refractivity contribution >= 4 is 28.8 Å². The first kappa shape index (κ1) is 18.2. The number of aromatic nitrogens is 1. The van der Waals surface area contributed by atoms with E-state index in [0.717, 1.165) is 12.8 Å². The number of fused-ring (bicyclic) bond motifs is 1. The highest BCUT2D eigenvalue weighted by atomic mass is 16.6. The molecule has 1 saturated heterocycles. The summed E-state index contributed by atoms with van der Waals surface area (Å²) in [6.45, 7) is 8.27. The lowest BCUT2D eigenvalue weighted by Crippen LogP contribution is -2.45. The van der Waals surface area contributed by atoms with Gasteiger partial charge in [-0.3, -0.25) is 4.79 Å². The van der Waals surface area contributed by atoms with E-state index in [1.165, 1.54) is 0 Å². The fourth-order valence-corrected chi connectivity index (χ4v) is 3.05. The van der Waals surface area contributed by atoms with Crippen LogP contribution in [0, 0.1) is 12.8 Å². The zero-order valence-corrected chi connectivity index (χ0v) is 15.7. The second-order valence-electron chi connectivity index (χ2n) is 7.67. The van der Waals surface area contributed by atoms with Gasteiger partial charge in [-0.15, -0.1) is 0 Å². The van der Waals surface area contributed by atoms with Crippen molar-refractivity contribution < 1.29 is 18.7 Å². The average Bonchev–Trinajstić information content (AvgIpc) is 2.92. The Labute approximate surface area is 152 Å². The maximum absolute atomic E-state index is 12.6. The van der Waals surface area contributed by atoms with E-state index < -0.39 is 5.60 Å². The number of oxazole rings is 1. The van der Waals surface area contributed by atoms with Crippen molar-refractivity contribution in [1.82, 2.24) is 9.88 Å². The molecule has 7 heteroatoms. The van der Waals surface area contributed by atoms with Gasteiger partial charge in [0.25, 0.3) is 0 Å². The molecule has 1 atom stereocenters. The summed E-state index contributed by atoms with van der Waals surface area (Å²) in [6, 6.07) is 5.37. The molecule has 3 rings (SSSR count). The molecule has 140 valence electrons. The molecular weight excluding hydrogens is 334 g/mol. The van der Waals surface area contributed by atoms with Gasteiger partial charge >= 0.3 is 6.09 Å². The zero-order chi connectivity index (χ0) is 18.9. The Morgan fingerprint density at radius 2 is 2.12 bits per heavy atom. The van der Waals surface area contributed by atoms with Crippen molar-refractivity contribution in [3.8, 4) is 0 Å². The van der Waals surface area contributed by atoms with Crippen LogP contribution in [0.5, 0.6) is 0 Å². The minimum absolute atomic E-state index is 0.0992. The second kappa shape index (κ2) is 6.97. The minimum Gasteiger partial charge on any atom is -0.444 e. The Balaban J connectivity index is 1.63. The number of rotatable bonds is 2. The zero-order valence-electron chi connectivity index (χ0n) is 15.7. The summed E-state index contributed by atoms with van der Waals surface area (Å²) < 4.78 is 10.9. The van der Waals surface area contributed by atoms with Crippen molar-refractivity contribution in [2.45, 2.75) is 46.1 Å². The molecule has 1 aromatic heterocycles. The normalized spacial score (nSPS) is 18.0. The summed E-state index contributed by atoms with van der Waals surface area (Å²) >= 11 is 0. The lowest BCUT2D eigenvalue weighted by Gasteiger charge is -2.33. The van der Waals surface area contributed by atoms with Gasteiger partial charge in [0.05, 0.1) is 5.92 Å². The smallest absolute Gasteiger partial charge is 0.410 e. The van der Waals surface area contributed by atoms with Gasteiger partial charge in [-0.2, -0.15) is 0 Å². The van der Waals surface area contributed by atoms with Crippen LogP contribution in [-0.4, -0.2) is 40.6 Å². The molecule has 2 aromatic rings. The first-order valence-electron chi connectivity index (χ1n) is 8.87. The van der Waals surface area contributed by atoms with Gasteiger partial charge in [0.15, 0.2) is 11.5 Å². The average molecular weight is 359 g/mol. The second-order valence-corrected chi connectivity index (χ2v) is 7.67. The third-order valence-electron chi connectivity index (χ3n) is 4.21. The highest BCUT2D eigenvalue weighted by Crippen LogP contribution is 2.23. The first-order valence-corrected chi connectivity index (χ1v) is 8.87. The maximum atomic E-state index is 12.6. The third-order valence-corrected chi connectivity index (χ3v) is 4.21. The van der Waals surface area contributed by atoms with Crippen LogP contribution in [-0.2, 0) is 9.53 Å². The predicted molar refractivity (Wildman–Crippen MR) is 97.9 cm³/mol. The molecule has 1 N–H and O–H groups in total. The van der Waals surface area contributed by atoms with E-state index >= 15 is 0 Å². The molecule has 1 fully saturated rings. The van der Waals surface area contributed by atoms with Crippen molar-refractivity contribution in [2.75, 3.05) is 18.4 Å². The van der Waals surface area contributed by atoms with Gasteiger partial charge in [0.1, 0.15) is 11.1 Å². The molecule has 7 nitrogen and oxygen atoms in total. The molecular formula is C19H25N3O4. The van der Waals surface area contributed by atoms with Gasteiger partial charge in [0, 0.05) is 25.7 Å². The monoisotopic (exact) mass is 359 g/mol. The first-order chi connectivity index (χ1) is 12.2. The molecule has 1 aliphatic heterocycles. The Morgan fingerprint density at radius 3 is 2.85 bits per heavy atom. The number of nitrogens with zero attached hydrogens (tertiary/aromatic N) is 2. The predicted octanol–water partition coefficient (Wildman–Crippen LogP) is 3.72. The lowest BCUT2D eigenvalue weighted by atomic mass is 9.97. The number of anilines is 1. The van der Waals surface area contributed by atoms with Crippen LogP contribution >= 0.6 is 0 Å². The molecule has 1 aromatic carbocycles. The van der Waals surface area contributed by atoms with Crippen molar-refractivity contribution in [1.29, 1.82) is 0 Å². The molecule has 2 heterocycles. The SMILES string of the molecule is Cc1nc2cc(NC(=O)[C@H]3CCCN(C(=O)OC(C)(C)C)C3)ccc2o1. The number of piperidine rings is 1. The number of carbonyl (C=O) groups excluding carboxylic acids is 2. The summed E-state index contributed by atoms with van der Waals surface area (Å²) in [6.07, 6.45) is 1.16. The number of ether oxygens (including phenoxy) is 1. The minimum atomic E-state index is -0.544. The van der Waals surface area contributed by atoms with E-state index in [2.05, 4.69) is 10.3 Å². The summed E-state index contributed by atoms with van der Waals surface area (Å²) in [5, 5.41) is 2.92. The van der Waals surface area contributed by atoms with E-state index in [9.17, 15) is 9.59 Å². The number of likely N-dealkylation sites (tertiary alicyclic amines) is 1. The van der Waals surface area contributed by atoms with E-state index in [-0.39, 0.29) is 17.9 Å². The van der Waals surface area contributed by atoms with Crippen molar-refractivity contribution in [3.05, 3.63) is 24.1 Å². The van der Waals surface area contributed by atoms with Crippen LogP contribution in [0.25, 0.3) is 11.1 Å². The Morgan fingerprint density at radius 1 is 1.35 bits per heavy atom. The molecule has 0 saturated carbocycles. The van der Waals surface area contributed by atoms with Gasteiger partial charge in [0.2, 0.25) is 5.91 Å². The highest BCUT2D eigenvalue weighted by Gasteiger charge is 2.31. The summed E-state index contributed by atoms with van der Waals surface area (Å²) in [4.78, 5) is 30.8. The lowest BCUT2D eigenvalue weighted by molar-refractivity contribution is -0.121. The number of aryl methyl sites for hydroxylation is 1. The van der Waals surface area contributed by atoms with Crippen LogP contribution in [0.2, 0.25) is 0 Å². The summed E-state index contributed by atoms with van der Waals surface area (Å²) in [5.41, 5.74) is 1.52. The van der Waals surface area contributed by atoms with Crippen molar-refractivity contribution in [3.63, 3.8) is 0 Å². The molecule has 2 amide bonds. The number of nitrogens with one attached hydrogen (secondary N) is 1. The third kappa shape index (κ3) is 4.33. The van der Waals surface area contributed by atoms with Gasteiger partial charge in [-0.05, 0) is 51.8 Å². The Kier molecular flexibility index (Phi) is 4.89. The fourth-order valence-electron chi connectivity index (χ4n) is 3.05. The van der Waals surface area contributed by atoms with E-state index in [1.54, 1.807) is 30.0 Å². The van der Waals surface area contributed by atoms with Crippen LogP contribution < -0.4 is 5.32 Å². The van der Waals surface area contributed by atoms with E-state index in [4.69, 9.17) is 9.15 Å². The molecule has 0 aliphatic carbocycles. The van der Waals surface area contributed by atoms with E-state index in [0.29, 0.717) is 35.8 Å². The quantitative estimate of drug-likeness (QED) is 0.883. The number of hydrogen-bond donors (Lipinski definition) is 1. The van der Waals surface area contributed by atoms with Crippen LogP contribution in [0.1, 0.15) is 39.5 Å². The number of amides is 2. The van der Waals surface area contributed by atoms with Crippen molar-refractivity contribution in [2.24, 2.45) is 5.92 Å². The number of hydrogen-bond acceptors (Lipinski definition) is 5. The van der Waals surface area contributed by atoms with E-state index in [1.807, 2.05) is 20.8 Å². The molecule has 0 spiro atoms. The Bertz CT molecular complexity index is 822. The standard InChI is InChI=1S/C19H25N3O4/c1-12-20-15-10-14(7-8-16(15)25-12)21-17(23)13-6-5-9-22(11-13)18(24)26-19(2,3)4/h7-8,10,13H,5-6,9,11H2,1-4H3,(H,21,23)/t13-/m0/s1. The van der Waals surface area contributed by atoms with Gasteiger partial charge < -0.3 is 19.4 Å². The van der Waals surface area contributed by atoms with Crippen LogP contribution in [0.3, 0.4) is 0 Å².